The maximum atomic E-state index is 11.1. The third-order valence-electron chi connectivity index (χ3n) is 4.61. The fraction of sp³-hybridized carbons (Fsp3) is 0.588. The number of benzene rings is 1. The standard InChI is InChI=1S/C17H24O3/c1-12-5-6-13(2)14(9-12)15(18)10-17(11-16(19)20)7-3-4-8-17/h5-6,9,15,18H,3-4,7-8,10-11H2,1-2H3,(H,19,20). The molecule has 1 aliphatic rings. The summed E-state index contributed by atoms with van der Waals surface area (Å²) in [7, 11) is 0. The fourth-order valence-corrected chi connectivity index (χ4v) is 3.54. The van der Waals surface area contributed by atoms with Crippen LogP contribution in [0.5, 0.6) is 0 Å². The minimum Gasteiger partial charge on any atom is -0.481 e. The van der Waals surface area contributed by atoms with Gasteiger partial charge in [0.1, 0.15) is 0 Å². The zero-order valence-corrected chi connectivity index (χ0v) is 12.4. The van der Waals surface area contributed by atoms with Crippen molar-refractivity contribution in [1.29, 1.82) is 0 Å². The third kappa shape index (κ3) is 3.40. The van der Waals surface area contributed by atoms with Crippen LogP contribution in [0.4, 0.5) is 0 Å². The quantitative estimate of drug-likeness (QED) is 0.860. The lowest BCUT2D eigenvalue weighted by Gasteiger charge is -2.30. The van der Waals surface area contributed by atoms with E-state index in [4.69, 9.17) is 5.11 Å². The highest BCUT2D eigenvalue weighted by Crippen LogP contribution is 2.47. The number of hydrogen-bond acceptors (Lipinski definition) is 2. The average Bonchev–Trinajstić information content (AvgIpc) is 2.79. The monoisotopic (exact) mass is 276 g/mol. The van der Waals surface area contributed by atoms with Crippen molar-refractivity contribution in [3.63, 3.8) is 0 Å². The van der Waals surface area contributed by atoms with Crippen LogP contribution >= 0.6 is 0 Å². The van der Waals surface area contributed by atoms with Gasteiger partial charge in [0.05, 0.1) is 12.5 Å². The topological polar surface area (TPSA) is 57.5 Å². The summed E-state index contributed by atoms with van der Waals surface area (Å²) in [6.45, 7) is 4.01. The SMILES string of the molecule is Cc1ccc(C)c(C(O)CC2(CC(=O)O)CCCC2)c1. The molecule has 110 valence electrons. The van der Waals surface area contributed by atoms with Crippen molar-refractivity contribution in [3.05, 3.63) is 34.9 Å². The Morgan fingerprint density at radius 2 is 1.95 bits per heavy atom. The van der Waals surface area contributed by atoms with Crippen molar-refractivity contribution in [2.24, 2.45) is 5.41 Å². The number of carboxylic acids is 1. The highest BCUT2D eigenvalue weighted by atomic mass is 16.4. The van der Waals surface area contributed by atoms with Gasteiger partial charge in [-0.2, -0.15) is 0 Å². The summed E-state index contributed by atoms with van der Waals surface area (Å²) in [5.74, 6) is -0.750. The molecule has 0 aromatic heterocycles. The largest absolute Gasteiger partial charge is 0.481 e. The molecule has 0 radical (unpaired) electrons. The normalized spacial score (nSPS) is 18.9. The molecule has 0 amide bonds. The Labute approximate surface area is 120 Å². The van der Waals surface area contributed by atoms with Crippen molar-refractivity contribution in [2.45, 2.75) is 58.5 Å². The summed E-state index contributed by atoms with van der Waals surface area (Å²) in [5, 5.41) is 19.7. The van der Waals surface area contributed by atoms with Crippen LogP contribution in [0.25, 0.3) is 0 Å². The molecule has 0 aliphatic heterocycles. The summed E-state index contributed by atoms with van der Waals surface area (Å²) in [6.07, 6.45) is 4.16. The number of aliphatic hydroxyl groups is 1. The molecule has 3 heteroatoms. The Morgan fingerprint density at radius 3 is 2.55 bits per heavy atom. The van der Waals surface area contributed by atoms with Crippen molar-refractivity contribution < 1.29 is 15.0 Å². The predicted molar refractivity (Wildman–Crippen MR) is 78.6 cm³/mol. The highest BCUT2D eigenvalue weighted by Gasteiger charge is 2.38. The van der Waals surface area contributed by atoms with E-state index in [2.05, 4.69) is 0 Å². The Hall–Kier alpha value is -1.35. The highest BCUT2D eigenvalue weighted by molar-refractivity contribution is 5.67. The van der Waals surface area contributed by atoms with E-state index < -0.39 is 12.1 Å². The van der Waals surface area contributed by atoms with Gasteiger partial charge in [0.15, 0.2) is 0 Å². The maximum absolute atomic E-state index is 11.1. The number of rotatable bonds is 5. The molecular formula is C17H24O3. The van der Waals surface area contributed by atoms with E-state index in [-0.39, 0.29) is 11.8 Å². The average molecular weight is 276 g/mol. The zero-order chi connectivity index (χ0) is 14.8. The molecule has 1 aliphatic carbocycles. The summed E-state index contributed by atoms with van der Waals surface area (Å²) in [6, 6.07) is 6.07. The van der Waals surface area contributed by atoms with Gasteiger partial charge in [-0.15, -0.1) is 0 Å². The Bertz CT molecular complexity index is 487. The van der Waals surface area contributed by atoms with E-state index in [1.165, 1.54) is 0 Å². The molecule has 1 saturated carbocycles. The van der Waals surface area contributed by atoms with Gasteiger partial charge >= 0.3 is 5.97 Å². The van der Waals surface area contributed by atoms with Gasteiger partial charge in [0.25, 0.3) is 0 Å². The first-order valence-corrected chi connectivity index (χ1v) is 7.39. The van der Waals surface area contributed by atoms with Gasteiger partial charge in [0.2, 0.25) is 0 Å². The first-order chi connectivity index (χ1) is 9.42. The molecular weight excluding hydrogens is 252 g/mol. The number of aliphatic carboxylic acids is 1. The van der Waals surface area contributed by atoms with Crippen LogP contribution in [0.3, 0.4) is 0 Å². The lowest BCUT2D eigenvalue weighted by atomic mass is 9.76. The van der Waals surface area contributed by atoms with Crippen LogP contribution in [0.2, 0.25) is 0 Å². The molecule has 2 N–H and O–H groups in total. The molecule has 3 nitrogen and oxygen atoms in total. The maximum Gasteiger partial charge on any atom is 0.303 e. The van der Waals surface area contributed by atoms with Crippen molar-refractivity contribution in [1.82, 2.24) is 0 Å². The van der Waals surface area contributed by atoms with E-state index in [1.807, 2.05) is 32.0 Å². The molecule has 20 heavy (non-hydrogen) atoms. The fourth-order valence-electron chi connectivity index (χ4n) is 3.54. The van der Waals surface area contributed by atoms with E-state index in [9.17, 15) is 9.90 Å². The minimum absolute atomic E-state index is 0.176. The molecule has 0 bridgehead atoms. The van der Waals surface area contributed by atoms with Crippen LogP contribution in [0.1, 0.15) is 61.3 Å². The van der Waals surface area contributed by atoms with Gasteiger partial charge < -0.3 is 10.2 Å². The second-order valence-electron chi connectivity index (χ2n) is 6.36. The molecule has 1 fully saturated rings. The number of aryl methyl sites for hydroxylation is 2. The molecule has 2 rings (SSSR count). The van der Waals surface area contributed by atoms with Crippen LogP contribution in [0, 0.1) is 19.3 Å². The Morgan fingerprint density at radius 1 is 1.30 bits per heavy atom. The number of hydrogen-bond donors (Lipinski definition) is 2. The van der Waals surface area contributed by atoms with Crippen LogP contribution in [-0.4, -0.2) is 16.2 Å². The smallest absolute Gasteiger partial charge is 0.303 e. The molecule has 1 atom stereocenters. The van der Waals surface area contributed by atoms with Gasteiger partial charge in [-0.25, -0.2) is 0 Å². The summed E-state index contributed by atoms with van der Waals surface area (Å²) < 4.78 is 0. The molecule has 1 aromatic carbocycles. The lowest BCUT2D eigenvalue weighted by molar-refractivity contribution is -0.140. The number of carboxylic acid groups (broad SMARTS) is 1. The van der Waals surface area contributed by atoms with E-state index in [0.717, 1.165) is 42.4 Å². The van der Waals surface area contributed by atoms with Gasteiger partial charge in [-0.05, 0) is 49.7 Å². The van der Waals surface area contributed by atoms with Crippen molar-refractivity contribution in [2.75, 3.05) is 0 Å². The first kappa shape index (κ1) is 15.0. The first-order valence-electron chi connectivity index (χ1n) is 7.39. The van der Waals surface area contributed by atoms with Crippen LogP contribution < -0.4 is 0 Å². The molecule has 0 saturated heterocycles. The molecule has 0 heterocycles. The van der Waals surface area contributed by atoms with E-state index in [0.29, 0.717) is 6.42 Å². The number of aliphatic hydroxyl groups excluding tert-OH is 1. The van der Waals surface area contributed by atoms with Gasteiger partial charge in [-0.1, -0.05) is 36.6 Å². The van der Waals surface area contributed by atoms with Crippen LogP contribution in [0.15, 0.2) is 18.2 Å². The number of carbonyl (C=O) groups is 1. The molecule has 1 unspecified atom stereocenters. The Kier molecular flexibility index (Phi) is 4.48. The zero-order valence-electron chi connectivity index (χ0n) is 12.4. The molecule has 0 spiro atoms. The minimum atomic E-state index is -0.750. The summed E-state index contributed by atoms with van der Waals surface area (Å²) in [5.41, 5.74) is 2.93. The Balaban J connectivity index is 2.18. The third-order valence-corrected chi connectivity index (χ3v) is 4.61. The molecule has 1 aromatic rings. The van der Waals surface area contributed by atoms with Crippen LogP contribution in [-0.2, 0) is 4.79 Å². The summed E-state index contributed by atoms with van der Waals surface area (Å²) >= 11 is 0. The second-order valence-corrected chi connectivity index (χ2v) is 6.36. The second kappa shape index (κ2) is 5.96. The van der Waals surface area contributed by atoms with Gasteiger partial charge in [0, 0.05) is 0 Å². The van der Waals surface area contributed by atoms with E-state index in [1.54, 1.807) is 0 Å². The van der Waals surface area contributed by atoms with Gasteiger partial charge in [-0.3, -0.25) is 4.79 Å². The summed E-state index contributed by atoms with van der Waals surface area (Å²) in [4.78, 5) is 11.1. The predicted octanol–water partition coefficient (Wildman–Crippen LogP) is 3.76. The van der Waals surface area contributed by atoms with Crippen molar-refractivity contribution >= 4 is 5.97 Å². The van der Waals surface area contributed by atoms with Crippen molar-refractivity contribution in [3.8, 4) is 0 Å². The van der Waals surface area contributed by atoms with E-state index >= 15 is 0 Å². The lowest BCUT2D eigenvalue weighted by Crippen LogP contribution is -2.24.